The summed E-state index contributed by atoms with van der Waals surface area (Å²) >= 11 is 0. The number of rotatable bonds is 6. The molecule has 2 heterocycles. The number of hydrogen-bond acceptors (Lipinski definition) is 6. The van der Waals surface area contributed by atoms with Crippen molar-refractivity contribution in [3.8, 4) is 0 Å². The summed E-state index contributed by atoms with van der Waals surface area (Å²) in [7, 11) is 0. The van der Waals surface area contributed by atoms with E-state index in [9.17, 15) is 14.4 Å². The largest absolute Gasteiger partial charge is 0.459 e. The van der Waals surface area contributed by atoms with Crippen molar-refractivity contribution < 1.29 is 19.1 Å². The molecule has 1 aliphatic rings. The highest BCUT2D eigenvalue weighted by molar-refractivity contribution is 6.05. The molecule has 1 aromatic heterocycles. The zero-order chi connectivity index (χ0) is 19.9. The molecule has 0 aliphatic carbocycles. The van der Waals surface area contributed by atoms with Crippen molar-refractivity contribution in [2.75, 3.05) is 26.2 Å². The van der Waals surface area contributed by atoms with Gasteiger partial charge in [0, 0.05) is 26.2 Å². The Hall–Kier alpha value is -3.20. The van der Waals surface area contributed by atoms with Gasteiger partial charge >= 0.3 is 5.97 Å². The summed E-state index contributed by atoms with van der Waals surface area (Å²) in [6.07, 6.45) is 1.29. The number of nitrogens with one attached hydrogen (secondary N) is 3. The number of esters is 1. The molecule has 1 saturated heterocycles. The highest BCUT2D eigenvalue weighted by Gasteiger charge is 2.27. The summed E-state index contributed by atoms with van der Waals surface area (Å²) in [4.78, 5) is 45.6. The zero-order valence-electron chi connectivity index (χ0n) is 15.6. The Morgan fingerprint density at radius 2 is 1.93 bits per heavy atom. The predicted molar refractivity (Wildman–Crippen MR) is 101 cm³/mol. The minimum Gasteiger partial charge on any atom is -0.459 e. The van der Waals surface area contributed by atoms with Crippen molar-refractivity contribution in [2.45, 2.75) is 19.6 Å². The predicted octanol–water partition coefficient (Wildman–Crippen LogP) is 0.317. The fourth-order valence-corrected chi connectivity index (χ4v) is 2.83. The molecule has 28 heavy (non-hydrogen) atoms. The number of piperazine rings is 1. The Bertz CT molecular complexity index is 830. The molecule has 0 unspecified atom stereocenters. The molecule has 1 fully saturated rings. The molecule has 9 nitrogen and oxygen atoms in total. The first-order valence-corrected chi connectivity index (χ1v) is 9.11. The molecule has 3 N–H and O–H groups in total. The van der Waals surface area contributed by atoms with E-state index in [1.54, 1.807) is 4.90 Å². The van der Waals surface area contributed by atoms with E-state index in [0.717, 1.165) is 5.56 Å². The number of hydrogen-bond donors (Lipinski definition) is 3. The average molecular weight is 385 g/mol. The average Bonchev–Trinajstić information content (AvgIpc) is 3.23. The van der Waals surface area contributed by atoms with Gasteiger partial charge in [-0.25, -0.2) is 9.78 Å². The van der Waals surface area contributed by atoms with Gasteiger partial charge in [-0.1, -0.05) is 30.3 Å². The van der Waals surface area contributed by atoms with Crippen LogP contribution in [-0.4, -0.2) is 64.9 Å². The Morgan fingerprint density at radius 1 is 1.21 bits per heavy atom. The Morgan fingerprint density at radius 3 is 2.64 bits per heavy atom. The van der Waals surface area contributed by atoms with Crippen LogP contribution in [0.1, 0.15) is 33.5 Å². The molecule has 9 heteroatoms. The van der Waals surface area contributed by atoms with Crippen LogP contribution in [0.2, 0.25) is 0 Å². The molecule has 0 spiro atoms. The number of H-pyrrole nitrogens is 1. The maximum Gasteiger partial charge on any atom is 0.328 e. The minimum atomic E-state index is -0.880. The van der Waals surface area contributed by atoms with Crippen molar-refractivity contribution in [1.82, 2.24) is 25.5 Å². The van der Waals surface area contributed by atoms with Crippen LogP contribution >= 0.6 is 0 Å². The molecular formula is C19H23N5O4. The van der Waals surface area contributed by atoms with Crippen LogP contribution in [0, 0.1) is 0 Å². The topological polar surface area (TPSA) is 116 Å². The molecule has 1 aromatic carbocycles. The lowest BCUT2D eigenvalue weighted by atomic mass is 10.2. The summed E-state index contributed by atoms with van der Waals surface area (Å²) < 4.78 is 5.22. The second kappa shape index (κ2) is 9.14. The maximum absolute atomic E-state index is 12.6. The van der Waals surface area contributed by atoms with Crippen molar-refractivity contribution in [1.29, 1.82) is 0 Å². The fourth-order valence-electron chi connectivity index (χ4n) is 2.83. The number of carbonyl (C=O) groups is 3. The third-order valence-corrected chi connectivity index (χ3v) is 4.40. The van der Waals surface area contributed by atoms with Crippen molar-refractivity contribution in [3.05, 3.63) is 53.6 Å². The third kappa shape index (κ3) is 4.74. The van der Waals surface area contributed by atoms with Gasteiger partial charge in [0.05, 0.1) is 6.33 Å². The van der Waals surface area contributed by atoms with Gasteiger partial charge in [0.25, 0.3) is 11.8 Å². The number of imidazole rings is 1. The van der Waals surface area contributed by atoms with Crippen LogP contribution < -0.4 is 10.6 Å². The van der Waals surface area contributed by atoms with Gasteiger partial charge in [-0.3, -0.25) is 9.59 Å². The van der Waals surface area contributed by atoms with Gasteiger partial charge in [-0.2, -0.15) is 0 Å². The summed E-state index contributed by atoms with van der Waals surface area (Å²) in [5, 5.41) is 5.70. The number of carbonyl (C=O) groups excluding carboxylic acids is 3. The first-order valence-electron chi connectivity index (χ1n) is 9.11. The van der Waals surface area contributed by atoms with E-state index in [-0.39, 0.29) is 23.9 Å². The van der Waals surface area contributed by atoms with Gasteiger partial charge in [0.15, 0.2) is 5.69 Å². The quantitative estimate of drug-likeness (QED) is 0.617. The smallest absolute Gasteiger partial charge is 0.328 e. The van der Waals surface area contributed by atoms with Crippen LogP contribution in [0.3, 0.4) is 0 Å². The second-order valence-electron chi connectivity index (χ2n) is 6.46. The lowest BCUT2D eigenvalue weighted by Crippen LogP contribution is -2.47. The molecule has 0 bridgehead atoms. The summed E-state index contributed by atoms with van der Waals surface area (Å²) in [6, 6.07) is 8.38. The Kier molecular flexibility index (Phi) is 6.38. The Balaban J connectivity index is 1.57. The van der Waals surface area contributed by atoms with E-state index in [0.29, 0.717) is 26.2 Å². The van der Waals surface area contributed by atoms with E-state index < -0.39 is 17.9 Å². The number of benzene rings is 1. The molecule has 3 rings (SSSR count). The molecular weight excluding hydrogens is 362 g/mol. The van der Waals surface area contributed by atoms with Gasteiger partial charge in [-0.05, 0) is 12.5 Å². The van der Waals surface area contributed by atoms with Crippen molar-refractivity contribution in [3.63, 3.8) is 0 Å². The van der Waals surface area contributed by atoms with E-state index in [2.05, 4.69) is 20.6 Å². The SMILES string of the molecule is C[C@H](NC(=O)c1nc[nH]c1C(=O)N1CCNCC1)C(=O)OCc1ccccc1. The summed E-state index contributed by atoms with van der Waals surface area (Å²) in [5.41, 5.74) is 0.932. The van der Waals surface area contributed by atoms with E-state index in [1.807, 2.05) is 30.3 Å². The molecule has 2 amide bonds. The van der Waals surface area contributed by atoms with Crippen LogP contribution in [0.5, 0.6) is 0 Å². The molecule has 1 atom stereocenters. The van der Waals surface area contributed by atoms with Gasteiger partial charge in [0.1, 0.15) is 18.3 Å². The van der Waals surface area contributed by atoms with Crippen LogP contribution in [0.4, 0.5) is 0 Å². The third-order valence-electron chi connectivity index (χ3n) is 4.40. The van der Waals surface area contributed by atoms with Crippen molar-refractivity contribution in [2.24, 2.45) is 0 Å². The monoisotopic (exact) mass is 385 g/mol. The van der Waals surface area contributed by atoms with E-state index in [1.165, 1.54) is 13.3 Å². The first kappa shape index (κ1) is 19.6. The highest BCUT2D eigenvalue weighted by Crippen LogP contribution is 2.09. The molecule has 2 aromatic rings. The fraction of sp³-hybridized carbons (Fsp3) is 0.368. The standard InChI is InChI=1S/C19H23N5O4/c1-13(19(27)28-11-14-5-3-2-4-6-14)23-17(25)15-16(22-12-21-15)18(26)24-9-7-20-8-10-24/h2-6,12-13,20H,7-11H2,1H3,(H,21,22)(H,23,25)/t13-/m0/s1. The normalized spacial score (nSPS) is 15.0. The lowest BCUT2D eigenvalue weighted by molar-refractivity contribution is -0.146. The molecule has 1 aliphatic heterocycles. The highest BCUT2D eigenvalue weighted by atomic mass is 16.5. The Labute approximate surface area is 162 Å². The van der Waals surface area contributed by atoms with Crippen LogP contribution in [-0.2, 0) is 16.1 Å². The lowest BCUT2D eigenvalue weighted by Gasteiger charge is -2.27. The van der Waals surface area contributed by atoms with E-state index >= 15 is 0 Å². The van der Waals surface area contributed by atoms with E-state index in [4.69, 9.17) is 4.74 Å². The molecule has 0 radical (unpaired) electrons. The molecule has 0 saturated carbocycles. The number of nitrogens with zero attached hydrogens (tertiary/aromatic N) is 2. The number of aromatic nitrogens is 2. The molecule has 148 valence electrons. The van der Waals surface area contributed by atoms with Crippen molar-refractivity contribution >= 4 is 17.8 Å². The minimum absolute atomic E-state index is 0.0359. The zero-order valence-corrected chi connectivity index (χ0v) is 15.6. The summed E-state index contributed by atoms with van der Waals surface area (Å²) in [6.45, 7) is 4.16. The number of amides is 2. The first-order chi connectivity index (χ1) is 13.6. The second-order valence-corrected chi connectivity index (χ2v) is 6.46. The van der Waals surface area contributed by atoms with Crippen LogP contribution in [0.15, 0.2) is 36.7 Å². The maximum atomic E-state index is 12.6. The number of aromatic amines is 1. The van der Waals surface area contributed by atoms with Gasteiger partial charge in [-0.15, -0.1) is 0 Å². The van der Waals surface area contributed by atoms with Crippen LogP contribution in [0.25, 0.3) is 0 Å². The summed E-state index contributed by atoms with van der Waals surface area (Å²) in [5.74, 6) is -1.46. The van der Waals surface area contributed by atoms with Gasteiger partial charge < -0.3 is 25.3 Å². The van der Waals surface area contributed by atoms with Gasteiger partial charge in [0.2, 0.25) is 0 Å². The number of ether oxygens (including phenoxy) is 1.